The molecule has 0 aliphatic rings. The largest absolute Gasteiger partial charge is 0.241 e. The van der Waals surface area contributed by atoms with E-state index < -0.39 is 0 Å². The fraction of sp³-hybridized carbons (Fsp3) is 0.125. The van der Waals surface area contributed by atoms with Crippen molar-refractivity contribution in [3.8, 4) is 11.1 Å². The summed E-state index contributed by atoms with van der Waals surface area (Å²) in [7, 11) is 0. The molecule has 18 heavy (non-hydrogen) atoms. The number of nitrogens with zero attached hydrogens (tertiary/aromatic N) is 2. The maximum absolute atomic E-state index is 4.57. The zero-order valence-corrected chi connectivity index (χ0v) is 10.5. The molecule has 0 saturated carbocycles. The van der Waals surface area contributed by atoms with Gasteiger partial charge in [0, 0.05) is 17.1 Å². The fourth-order valence-electron chi connectivity index (χ4n) is 2.19. The van der Waals surface area contributed by atoms with E-state index >= 15 is 0 Å². The highest BCUT2D eigenvalue weighted by Gasteiger charge is 2.05. The second kappa shape index (κ2) is 4.22. The van der Waals surface area contributed by atoms with E-state index in [-0.39, 0.29) is 0 Å². The number of para-hydroxylation sites is 1. The Kier molecular flexibility index (Phi) is 2.56. The molecule has 2 heteroatoms. The predicted molar refractivity (Wildman–Crippen MR) is 74.4 cm³/mol. The molecule has 3 rings (SSSR count). The molecule has 2 aromatic carbocycles. The van der Waals surface area contributed by atoms with E-state index in [0.717, 1.165) is 16.7 Å². The Morgan fingerprint density at radius 3 is 2.61 bits per heavy atom. The van der Waals surface area contributed by atoms with Crippen molar-refractivity contribution >= 4 is 10.9 Å². The minimum absolute atomic E-state index is 0.808. The van der Waals surface area contributed by atoms with Crippen LogP contribution in [0.4, 0.5) is 0 Å². The highest BCUT2D eigenvalue weighted by Crippen LogP contribution is 2.27. The summed E-state index contributed by atoms with van der Waals surface area (Å²) in [5.74, 6) is 0.808. The smallest absolute Gasteiger partial charge is 0.125 e. The summed E-state index contributed by atoms with van der Waals surface area (Å²) in [6.45, 7) is 4.03. The van der Waals surface area contributed by atoms with Gasteiger partial charge in [0.1, 0.15) is 5.82 Å². The van der Waals surface area contributed by atoms with E-state index in [2.05, 4.69) is 53.3 Å². The molecule has 0 N–H and O–H groups in total. The van der Waals surface area contributed by atoms with Crippen molar-refractivity contribution < 1.29 is 0 Å². The van der Waals surface area contributed by atoms with Crippen LogP contribution in [0.15, 0.2) is 48.7 Å². The van der Waals surface area contributed by atoms with Crippen LogP contribution >= 0.6 is 0 Å². The molecule has 0 amide bonds. The number of fused-ring (bicyclic) bond motifs is 1. The monoisotopic (exact) mass is 234 g/mol. The first kappa shape index (κ1) is 10.9. The van der Waals surface area contributed by atoms with Gasteiger partial charge < -0.3 is 0 Å². The van der Waals surface area contributed by atoms with E-state index in [1.54, 1.807) is 0 Å². The van der Waals surface area contributed by atoms with Crippen LogP contribution < -0.4 is 0 Å². The van der Waals surface area contributed by atoms with Gasteiger partial charge in [-0.3, -0.25) is 0 Å². The average Bonchev–Trinajstić information content (AvgIpc) is 2.38. The molecule has 3 aromatic rings. The number of hydrogen-bond donors (Lipinski definition) is 0. The van der Waals surface area contributed by atoms with Gasteiger partial charge in [-0.25, -0.2) is 9.97 Å². The maximum Gasteiger partial charge on any atom is 0.125 e. The van der Waals surface area contributed by atoms with Gasteiger partial charge in [0.25, 0.3) is 0 Å². The molecular weight excluding hydrogens is 220 g/mol. The highest BCUT2D eigenvalue weighted by atomic mass is 14.9. The molecule has 2 nitrogen and oxygen atoms in total. The number of rotatable bonds is 1. The molecular formula is C16H14N2. The maximum atomic E-state index is 4.57. The van der Waals surface area contributed by atoms with Crippen molar-refractivity contribution in [3.63, 3.8) is 0 Å². The van der Waals surface area contributed by atoms with Crippen LogP contribution in [0.25, 0.3) is 22.0 Å². The molecule has 88 valence electrons. The minimum atomic E-state index is 0.808. The highest BCUT2D eigenvalue weighted by molar-refractivity contribution is 5.93. The van der Waals surface area contributed by atoms with Crippen molar-refractivity contribution in [1.82, 2.24) is 9.97 Å². The standard InChI is InChI=1S/C16H14N2/c1-11-5-3-6-13(9-11)15-8-4-7-14-10-17-12(2)18-16(14)15/h3-10H,1-2H3. The van der Waals surface area contributed by atoms with Gasteiger partial charge in [-0.1, -0.05) is 48.0 Å². The van der Waals surface area contributed by atoms with E-state index in [4.69, 9.17) is 0 Å². The molecule has 0 bridgehead atoms. The van der Waals surface area contributed by atoms with Crippen LogP contribution in [-0.4, -0.2) is 9.97 Å². The third-order valence-corrected chi connectivity index (χ3v) is 3.06. The summed E-state index contributed by atoms with van der Waals surface area (Å²) in [6, 6.07) is 14.7. The van der Waals surface area contributed by atoms with Gasteiger partial charge >= 0.3 is 0 Å². The Hall–Kier alpha value is -2.22. The van der Waals surface area contributed by atoms with Gasteiger partial charge in [-0.2, -0.15) is 0 Å². The van der Waals surface area contributed by atoms with Crippen LogP contribution in [0.2, 0.25) is 0 Å². The molecule has 0 aliphatic carbocycles. The third kappa shape index (κ3) is 1.86. The van der Waals surface area contributed by atoms with Gasteiger partial charge in [-0.05, 0) is 19.4 Å². The van der Waals surface area contributed by atoms with Crippen molar-refractivity contribution in [3.05, 3.63) is 60.0 Å². The summed E-state index contributed by atoms with van der Waals surface area (Å²) >= 11 is 0. The van der Waals surface area contributed by atoms with Crippen LogP contribution in [0.5, 0.6) is 0 Å². The number of aromatic nitrogens is 2. The lowest BCUT2D eigenvalue weighted by Gasteiger charge is -2.07. The molecule has 1 aromatic heterocycles. The molecule has 0 atom stereocenters. The second-order valence-electron chi connectivity index (χ2n) is 4.53. The Morgan fingerprint density at radius 1 is 0.944 bits per heavy atom. The lowest BCUT2D eigenvalue weighted by molar-refractivity contribution is 1.09. The molecule has 0 saturated heterocycles. The summed E-state index contributed by atoms with van der Waals surface area (Å²) in [5, 5.41) is 1.08. The molecule has 0 unspecified atom stereocenters. The summed E-state index contributed by atoms with van der Waals surface area (Å²) in [4.78, 5) is 8.82. The Morgan fingerprint density at radius 2 is 1.78 bits per heavy atom. The van der Waals surface area contributed by atoms with Crippen LogP contribution in [0.3, 0.4) is 0 Å². The van der Waals surface area contributed by atoms with Gasteiger partial charge in [0.05, 0.1) is 5.52 Å². The third-order valence-electron chi connectivity index (χ3n) is 3.06. The minimum Gasteiger partial charge on any atom is -0.241 e. The van der Waals surface area contributed by atoms with Crippen LogP contribution in [0.1, 0.15) is 11.4 Å². The van der Waals surface area contributed by atoms with E-state index in [9.17, 15) is 0 Å². The van der Waals surface area contributed by atoms with Crippen molar-refractivity contribution in [1.29, 1.82) is 0 Å². The van der Waals surface area contributed by atoms with Crippen molar-refractivity contribution in [2.24, 2.45) is 0 Å². The predicted octanol–water partition coefficient (Wildman–Crippen LogP) is 3.91. The lowest BCUT2D eigenvalue weighted by atomic mass is 10.0. The summed E-state index contributed by atoms with van der Waals surface area (Å²) in [6.07, 6.45) is 1.89. The van der Waals surface area contributed by atoms with E-state index in [0.29, 0.717) is 0 Å². The van der Waals surface area contributed by atoms with E-state index in [1.165, 1.54) is 16.7 Å². The molecule has 0 spiro atoms. The van der Waals surface area contributed by atoms with Crippen LogP contribution in [-0.2, 0) is 0 Å². The number of benzene rings is 2. The second-order valence-corrected chi connectivity index (χ2v) is 4.53. The molecule has 0 radical (unpaired) electrons. The van der Waals surface area contributed by atoms with Crippen molar-refractivity contribution in [2.75, 3.05) is 0 Å². The first-order valence-electron chi connectivity index (χ1n) is 6.03. The van der Waals surface area contributed by atoms with Gasteiger partial charge in [0.15, 0.2) is 0 Å². The zero-order chi connectivity index (χ0) is 12.5. The lowest BCUT2D eigenvalue weighted by Crippen LogP contribution is -1.90. The fourth-order valence-corrected chi connectivity index (χ4v) is 2.19. The quantitative estimate of drug-likeness (QED) is 0.638. The number of aryl methyl sites for hydroxylation is 2. The van der Waals surface area contributed by atoms with Crippen molar-refractivity contribution in [2.45, 2.75) is 13.8 Å². The summed E-state index contributed by atoms with van der Waals surface area (Å²) in [5.41, 5.74) is 4.66. The number of hydrogen-bond acceptors (Lipinski definition) is 2. The zero-order valence-electron chi connectivity index (χ0n) is 10.5. The van der Waals surface area contributed by atoms with Crippen LogP contribution in [0, 0.1) is 13.8 Å². The Balaban J connectivity index is 2.32. The SMILES string of the molecule is Cc1cccc(-c2cccc3cnc(C)nc23)c1. The van der Waals surface area contributed by atoms with Gasteiger partial charge in [0.2, 0.25) is 0 Å². The van der Waals surface area contributed by atoms with Gasteiger partial charge in [-0.15, -0.1) is 0 Å². The first-order chi connectivity index (χ1) is 8.74. The Bertz CT molecular complexity index is 717. The molecule has 0 aliphatic heterocycles. The molecule has 1 heterocycles. The topological polar surface area (TPSA) is 25.8 Å². The normalized spacial score (nSPS) is 10.8. The Labute approximate surface area is 106 Å². The first-order valence-corrected chi connectivity index (χ1v) is 6.03. The average molecular weight is 234 g/mol. The molecule has 0 fully saturated rings. The van der Waals surface area contributed by atoms with E-state index in [1.807, 2.05) is 19.2 Å². The summed E-state index contributed by atoms with van der Waals surface area (Å²) < 4.78 is 0.